The summed E-state index contributed by atoms with van der Waals surface area (Å²) in [6.45, 7) is 1.73. The summed E-state index contributed by atoms with van der Waals surface area (Å²) in [7, 11) is 0. The standard InChI is InChI=1S/C8H7Cl2N/c1-6(9)11-8-4-2-7(10)3-5-8/h2-5H,1H3. The van der Waals surface area contributed by atoms with E-state index in [0.717, 1.165) is 5.69 Å². The first-order valence-corrected chi connectivity index (χ1v) is 3.90. The number of hydrogen-bond donors (Lipinski definition) is 0. The lowest BCUT2D eigenvalue weighted by Gasteiger charge is -1.92. The molecule has 0 N–H and O–H groups in total. The van der Waals surface area contributed by atoms with Gasteiger partial charge in [-0.25, -0.2) is 4.99 Å². The highest BCUT2D eigenvalue weighted by Gasteiger charge is 1.89. The van der Waals surface area contributed by atoms with E-state index in [1.807, 2.05) is 12.1 Å². The molecule has 0 fully saturated rings. The molecule has 11 heavy (non-hydrogen) atoms. The van der Waals surface area contributed by atoms with Crippen molar-refractivity contribution in [3.8, 4) is 0 Å². The molecular formula is C8H7Cl2N. The zero-order chi connectivity index (χ0) is 8.27. The van der Waals surface area contributed by atoms with Crippen LogP contribution in [-0.2, 0) is 0 Å². The van der Waals surface area contributed by atoms with Gasteiger partial charge in [-0.1, -0.05) is 23.2 Å². The topological polar surface area (TPSA) is 12.4 Å². The minimum Gasteiger partial charge on any atom is -0.242 e. The van der Waals surface area contributed by atoms with Crippen molar-refractivity contribution in [3.05, 3.63) is 29.3 Å². The summed E-state index contributed by atoms with van der Waals surface area (Å²) >= 11 is 11.2. The van der Waals surface area contributed by atoms with E-state index >= 15 is 0 Å². The van der Waals surface area contributed by atoms with Gasteiger partial charge in [0.1, 0.15) is 5.17 Å². The average molecular weight is 188 g/mol. The Hall–Kier alpha value is -0.530. The maximum absolute atomic E-state index is 5.67. The molecule has 1 aromatic rings. The summed E-state index contributed by atoms with van der Waals surface area (Å²) in [5.74, 6) is 0. The third-order valence-electron chi connectivity index (χ3n) is 1.11. The van der Waals surface area contributed by atoms with E-state index < -0.39 is 0 Å². The highest BCUT2D eigenvalue weighted by Crippen LogP contribution is 2.16. The number of hydrogen-bond acceptors (Lipinski definition) is 1. The first-order chi connectivity index (χ1) is 5.18. The van der Waals surface area contributed by atoms with Crippen LogP contribution in [0.3, 0.4) is 0 Å². The Morgan fingerprint density at radius 2 is 1.82 bits per heavy atom. The van der Waals surface area contributed by atoms with E-state index in [-0.39, 0.29) is 0 Å². The van der Waals surface area contributed by atoms with Gasteiger partial charge in [0.25, 0.3) is 0 Å². The Kier molecular flexibility index (Phi) is 2.92. The van der Waals surface area contributed by atoms with E-state index in [4.69, 9.17) is 23.2 Å². The predicted molar refractivity (Wildman–Crippen MR) is 50.1 cm³/mol. The van der Waals surface area contributed by atoms with Gasteiger partial charge in [0.05, 0.1) is 5.69 Å². The lowest BCUT2D eigenvalue weighted by Crippen LogP contribution is -1.72. The van der Waals surface area contributed by atoms with E-state index in [0.29, 0.717) is 10.2 Å². The number of halogens is 2. The highest BCUT2D eigenvalue weighted by molar-refractivity contribution is 6.65. The van der Waals surface area contributed by atoms with Crippen LogP contribution in [0.25, 0.3) is 0 Å². The molecule has 58 valence electrons. The molecule has 1 aromatic carbocycles. The van der Waals surface area contributed by atoms with E-state index in [2.05, 4.69) is 4.99 Å². The van der Waals surface area contributed by atoms with Crippen LogP contribution in [0.2, 0.25) is 5.02 Å². The fourth-order valence-corrected chi connectivity index (χ4v) is 0.917. The molecule has 1 nitrogen and oxygen atoms in total. The third-order valence-corrected chi connectivity index (χ3v) is 1.45. The van der Waals surface area contributed by atoms with E-state index in [1.165, 1.54) is 0 Å². The van der Waals surface area contributed by atoms with Crippen molar-refractivity contribution in [2.24, 2.45) is 4.99 Å². The Balaban J connectivity index is 2.91. The van der Waals surface area contributed by atoms with Crippen molar-refractivity contribution in [1.82, 2.24) is 0 Å². The van der Waals surface area contributed by atoms with Crippen LogP contribution in [0.4, 0.5) is 5.69 Å². The Morgan fingerprint density at radius 3 is 2.27 bits per heavy atom. The molecule has 0 spiro atoms. The highest BCUT2D eigenvalue weighted by atomic mass is 35.5. The Labute approximate surface area is 75.7 Å². The molecule has 0 aromatic heterocycles. The van der Waals surface area contributed by atoms with Crippen LogP contribution in [0.15, 0.2) is 29.3 Å². The molecule has 0 heterocycles. The molecule has 0 atom stereocenters. The second kappa shape index (κ2) is 3.74. The summed E-state index contributed by atoms with van der Waals surface area (Å²) in [6, 6.07) is 7.18. The van der Waals surface area contributed by atoms with Gasteiger partial charge in [0, 0.05) is 5.02 Å². The Morgan fingerprint density at radius 1 is 1.27 bits per heavy atom. The summed E-state index contributed by atoms with van der Waals surface area (Å²) < 4.78 is 0. The lowest BCUT2D eigenvalue weighted by atomic mass is 10.3. The van der Waals surface area contributed by atoms with Gasteiger partial charge in [0.2, 0.25) is 0 Å². The molecule has 1 rings (SSSR count). The number of aliphatic imine (C=N–C) groups is 1. The van der Waals surface area contributed by atoms with Crippen molar-refractivity contribution in [1.29, 1.82) is 0 Å². The van der Waals surface area contributed by atoms with Gasteiger partial charge in [-0.2, -0.15) is 0 Å². The molecule has 0 saturated carbocycles. The normalized spacial score (nSPS) is 11.7. The van der Waals surface area contributed by atoms with Gasteiger partial charge in [-0.05, 0) is 31.2 Å². The largest absolute Gasteiger partial charge is 0.242 e. The van der Waals surface area contributed by atoms with Crippen LogP contribution in [0, 0.1) is 0 Å². The van der Waals surface area contributed by atoms with Gasteiger partial charge in [-0.3, -0.25) is 0 Å². The molecule has 0 aliphatic heterocycles. The molecule has 0 amide bonds. The predicted octanol–water partition coefficient (Wildman–Crippen LogP) is 3.63. The SMILES string of the molecule is CC(Cl)=Nc1ccc(Cl)cc1. The molecule has 3 heteroatoms. The second-order valence-corrected chi connectivity index (χ2v) is 3.07. The lowest BCUT2D eigenvalue weighted by molar-refractivity contribution is 1.52. The number of rotatable bonds is 1. The third kappa shape index (κ3) is 2.91. The minimum absolute atomic E-state index is 0.521. The summed E-state index contributed by atoms with van der Waals surface area (Å²) in [6.07, 6.45) is 0. The zero-order valence-corrected chi connectivity index (χ0v) is 7.52. The van der Waals surface area contributed by atoms with Gasteiger partial charge in [-0.15, -0.1) is 0 Å². The van der Waals surface area contributed by atoms with Gasteiger partial charge < -0.3 is 0 Å². The summed E-state index contributed by atoms with van der Waals surface area (Å²) in [5, 5.41) is 1.23. The molecule has 0 aliphatic carbocycles. The van der Waals surface area contributed by atoms with Crippen LogP contribution >= 0.6 is 23.2 Å². The molecule has 0 aliphatic rings. The number of nitrogens with zero attached hydrogens (tertiary/aromatic N) is 1. The second-order valence-electron chi connectivity index (χ2n) is 2.09. The van der Waals surface area contributed by atoms with Crippen molar-refractivity contribution in [2.75, 3.05) is 0 Å². The first-order valence-electron chi connectivity index (χ1n) is 3.15. The summed E-state index contributed by atoms with van der Waals surface area (Å²) in [5.41, 5.74) is 0.821. The first kappa shape index (κ1) is 8.57. The van der Waals surface area contributed by atoms with Crippen molar-refractivity contribution >= 4 is 34.1 Å². The molecule has 0 saturated heterocycles. The zero-order valence-electron chi connectivity index (χ0n) is 6.01. The van der Waals surface area contributed by atoms with E-state index in [1.54, 1.807) is 19.1 Å². The summed E-state index contributed by atoms with van der Waals surface area (Å²) in [4.78, 5) is 4.02. The molecular weight excluding hydrogens is 181 g/mol. The minimum atomic E-state index is 0.521. The van der Waals surface area contributed by atoms with Crippen LogP contribution in [-0.4, -0.2) is 5.17 Å². The fraction of sp³-hybridized carbons (Fsp3) is 0.125. The van der Waals surface area contributed by atoms with E-state index in [9.17, 15) is 0 Å². The Bertz CT molecular complexity index is 260. The van der Waals surface area contributed by atoms with Gasteiger partial charge >= 0.3 is 0 Å². The quantitative estimate of drug-likeness (QED) is 0.596. The molecule has 0 unspecified atom stereocenters. The molecule has 0 bridgehead atoms. The van der Waals surface area contributed by atoms with Crippen molar-refractivity contribution < 1.29 is 0 Å². The van der Waals surface area contributed by atoms with Crippen LogP contribution in [0.5, 0.6) is 0 Å². The maximum Gasteiger partial charge on any atom is 0.103 e. The smallest absolute Gasteiger partial charge is 0.103 e. The molecule has 0 radical (unpaired) electrons. The van der Waals surface area contributed by atoms with Crippen molar-refractivity contribution in [3.63, 3.8) is 0 Å². The fourth-order valence-electron chi connectivity index (χ4n) is 0.694. The van der Waals surface area contributed by atoms with Gasteiger partial charge in [0.15, 0.2) is 0 Å². The average Bonchev–Trinajstić information content (AvgIpc) is 1.93. The monoisotopic (exact) mass is 187 g/mol. The van der Waals surface area contributed by atoms with Crippen LogP contribution < -0.4 is 0 Å². The van der Waals surface area contributed by atoms with Crippen LogP contribution in [0.1, 0.15) is 6.92 Å². The van der Waals surface area contributed by atoms with Crippen molar-refractivity contribution in [2.45, 2.75) is 6.92 Å². The number of benzene rings is 1. The maximum atomic E-state index is 5.67.